The number of hydrogen-bond donors (Lipinski definition) is 1. The van der Waals surface area contributed by atoms with Crippen LogP contribution in [-0.4, -0.2) is 44.4 Å². The molecule has 1 aliphatic heterocycles. The zero-order valence-corrected chi connectivity index (χ0v) is 18.5. The summed E-state index contributed by atoms with van der Waals surface area (Å²) in [6.07, 6.45) is 0.765. The molecule has 1 aliphatic rings. The Morgan fingerprint density at radius 1 is 1.10 bits per heavy atom. The molecule has 0 spiro atoms. The van der Waals surface area contributed by atoms with E-state index in [0.717, 1.165) is 28.3 Å². The Morgan fingerprint density at radius 2 is 1.79 bits per heavy atom. The predicted octanol–water partition coefficient (Wildman–Crippen LogP) is 4.54. The number of thioether (sulfide) groups is 1. The zero-order chi connectivity index (χ0) is 21.2. The molecule has 29 heavy (non-hydrogen) atoms. The van der Waals surface area contributed by atoms with E-state index in [-0.39, 0.29) is 11.8 Å². The van der Waals surface area contributed by atoms with Crippen molar-refractivity contribution in [2.75, 3.05) is 37.5 Å². The quantitative estimate of drug-likeness (QED) is 0.705. The number of amides is 2. The first-order valence-corrected chi connectivity index (χ1v) is 11.0. The molecular formula is C23H30N2O3S. The summed E-state index contributed by atoms with van der Waals surface area (Å²) in [5, 5.41) is 2.89. The molecule has 0 unspecified atom stereocenters. The van der Waals surface area contributed by atoms with Gasteiger partial charge in [0.25, 0.3) is 11.8 Å². The van der Waals surface area contributed by atoms with Gasteiger partial charge in [0.1, 0.15) is 0 Å². The molecule has 0 bridgehead atoms. The highest BCUT2D eigenvalue weighted by atomic mass is 32.2. The van der Waals surface area contributed by atoms with Gasteiger partial charge in [0.05, 0.1) is 5.69 Å². The number of carbonyl (C=O) groups is 2. The lowest BCUT2D eigenvalue weighted by Gasteiger charge is -2.29. The molecule has 0 aromatic heterocycles. The number of fused-ring (bicyclic) bond motifs is 1. The summed E-state index contributed by atoms with van der Waals surface area (Å²) in [4.78, 5) is 28.2. The Balaban J connectivity index is 0.00000145. The minimum Gasteiger partial charge on any atom is -0.385 e. The van der Waals surface area contributed by atoms with E-state index in [4.69, 9.17) is 4.74 Å². The Kier molecular flexibility index (Phi) is 9.22. The molecule has 6 heteroatoms. The Labute approximate surface area is 177 Å². The average Bonchev–Trinajstić information content (AvgIpc) is 2.77. The SMILES string of the molecule is CC.COCCCNC(=O)c1ccc2c(c1)N(C(=O)c1ccc(C)cc1)CCS2. The van der Waals surface area contributed by atoms with Crippen LogP contribution in [0, 0.1) is 6.92 Å². The maximum atomic E-state index is 13.0. The van der Waals surface area contributed by atoms with Gasteiger partial charge in [-0.15, -0.1) is 11.8 Å². The van der Waals surface area contributed by atoms with E-state index in [1.165, 1.54) is 0 Å². The Bertz CT molecular complexity index is 821. The van der Waals surface area contributed by atoms with Crippen molar-refractivity contribution in [2.45, 2.75) is 32.1 Å². The van der Waals surface area contributed by atoms with Crippen LogP contribution in [-0.2, 0) is 4.74 Å². The van der Waals surface area contributed by atoms with Crippen molar-refractivity contribution < 1.29 is 14.3 Å². The molecule has 0 saturated heterocycles. The van der Waals surface area contributed by atoms with Crippen molar-refractivity contribution in [3.8, 4) is 0 Å². The molecular weight excluding hydrogens is 384 g/mol. The Morgan fingerprint density at radius 3 is 2.48 bits per heavy atom. The maximum absolute atomic E-state index is 13.0. The smallest absolute Gasteiger partial charge is 0.258 e. The lowest BCUT2D eigenvalue weighted by Crippen LogP contribution is -2.36. The molecule has 3 rings (SSSR count). The summed E-state index contributed by atoms with van der Waals surface area (Å²) in [5.74, 6) is 0.675. The zero-order valence-electron chi connectivity index (χ0n) is 17.7. The number of carbonyl (C=O) groups excluding carboxylic acids is 2. The van der Waals surface area contributed by atoms with E-state index in [1.54, 1.807) is 23.8 Å². The molecule has 0 atom stereocenters. The van der Waals surface area contributed by atoms with Gasteiger partial charge in [-0.3, -0.25) is 9.59 Å². The highest BCUT2D eigenvalue weighted by Gasteiger charge is 2.25. The molecule has 0 radical (unpaired) electrons. The van der Waals surface area contributed by atoms with Crippen LogP contribution >= 0.6 is 11.8 Å². The van der Waals surface area contributed by atoms with Crippen LogP contribution in [0.4, 0.5) is 5.69 Å². The van der Waals surface area contributed by atoms with Crippen LogP contribution in [0.2, 0.25) is 0 Å². The number of hydrogen-bond acceptors (Lipinski definition) is 4. The van der Waals surface area contributed by atoms with E-state index < -0.39 is 0 Å². The topological polar surface area (TPSA) is 58.6 Å². The second-order valence-electron chi connectivity index (χ2n) is 6.46. The second kappa shape index (κ2) is 11.6. The van der Waals surface area contributed by atoms with Crippen molar-refractivity contribution in [3.05, 3.63) is 59.2 Å². The number of nitrogens with zero attached hydrogens (tertiary/aromatic N) is 1. The van der Waals surface area contributed by atoms with Crippen molar-refractivity contribution in [3.63, 3.8) is 0 Å². The van der Waals surface area contributed by atoms with Crippen molar-refractivity contribution in [1.82, 2.24) is 5.32 Å². The van der Waals surface area contributed by atoms with Crippen LogP contribution in [0.25, 0.3) is 0 Å². The molecule has 0 saturated carbocycles. The Hall–Kier alpha value is -2.31. The van der Waals surface area contributed by atoms with Crippen LogP contribution in [0.1, 0.15) is 46.5 Å². The number of benzene rings is 2. The van der Waals surface area contributed by atoms with Crippen molar-refractivity contribution in [2.24, 2.45) is 0 Å². The van der Waals surface area contributed by atoms with E-state index in [2.05, 4.69) is 5.32 Å². The molecule has 2 aromatic rings. The van der Waals surface area contributed by atoms with Gasteiger partial charge in [-0.05, 0) is 43.7 Å². The number of aryl methyl sites for hydroxylation is 1. The molecule has 1 N–H and O–H groups in total. The van der Waals surface area contributed by atoms with Gasteiger partial charge in [0.15, 0.2) is 0 Å². The molecule has 5 nitrogen and oxygen atoms in total. The summed E-state index contributed by atoms with van der Waals surface area (Å²) in [6.45, 7) is 7.80. The molecule has 1 heterocycles. The summed E-state index contributed by atoms with van der Waals surface area (Å²) in [5.41, 5.74) is 3.15. The van der Waals surface area contributed by atoms with E-state index in [9.17, 15) is 9.59 Å². The fourth-order valence-corrected chi connectivity index (χ4v) is 3.92. The number of nitrogens with one attached hydrogen (secondary N) is 1. The molecule has 0 fully saturated rings. The van der Waals surface area contributed by atoms with Crippen LogP contribution in [0.5, 0.6) is 0 Å². The largest absolute Gasteiger partial charge is 0.385 e. The summed E-state index contributed by atoms with van der Waals surface area (Å²) >= 11 is 1.71. The molecule has 0 aliphatic carbocycles. The van der Waals surface area contributed by atoms with E-state index in [1.807, 2.05) is 63.2 Å². The molecule has 156 valence electrons. The number of methoxy groups -OCH3 is 1. The van der Waals surface area contributed by atoms with Crippen molar-refractivity contribution in [1.29, 1.82) is 0 Å². The van der Waals surface area contributed by atoms with Crippen LogP contribution in [0.3, 0.4) is 0 Å². The first-order valence-electron chi connectivity index (χ1n) is 10.0. The first-order chi connectivity index (χ1) is 14.1. The van der Waals surface area contributed by atoms with Gasteiger partial charge < -0.3 is 15.0 Å². The first kappa shape index (κ1) is 23.0. The van der Waals surface area contributed by atoms with E-state index >= 15 is 0 Å². The number of rotatable bonds is 6. The number of ether oxygens (including phenoxy) is 1. The predicted molar refractivity (Wildman–Crippen MR) is 120 cm³/mol. The lowest BCUT2D eigenvalue weighted by molar-refractivity contribution is 0.0945. The summed E-state index contributed by atoms with van der Waals surface area (Å²) < 4.78 is 5.00. The third-order valence-electron chi connectivity index (χ3n) is 4.44. The summed E-state index contributed by atoms with van der Waals surface area (Å²) in [7, 11) is 1.64. The average molecular weight is 415 g/mol. The van der Waals surface area contributed by atoms with Crippen molar-refractivity contribution >= 4 is 29.3 Å². The monoisotopic (exact) mass is 414 g/mol. The second-order valence-corrected chi connectivity index (χ2v) is 7.59. The van der Waals surface area contributed by atoms with Gasteiger partial charge in [-0.25, -0.2) is 0 Å². The molecule has 2 amide bonds. The van der Waals surface area contributed by atoms with Crippen LogP contribution in [0.15, 0.2) is 47.4 Å². The third-order valence-corrected chi connectivity index (χ3v) is 5.48. The van der Waals surface area contributed by atoms with Gasteiger partial charge in [-0.2, -0.15) is 0 Å². The number of anilines is 1. The van der Waals surface area contributed by atoms with Crippen LogP contribution < -0.4 is 10.2 Å². The molecule has 2 aromatic carbocycles. The fraction of sp³-hybridized carbons (Fsp3) is 0.391. The minimum absolute atomic E-state index is 0.0331. The highest BCUT2D eigenvalue weighted by molar-refractivity contribution is 7.99. The normalized spacial score (nSPS) is 12.5. The third kappa shape index (κ3) is 6.08. The summed E-state index contributed by atoms with van der Waals surface area (Å²) in [6, 6.07) is 13.2. The van der Waals surface area contributed by atoms with Gasteiger partial charge in [0, 0.05) is 48.6 Å². The van der Waals surface area contributed by atoms with E-state index in [0.29, 0.717) is 30.8 Å². The lowest BCUT2D eigenvalue weighted by atomic mass is 10.1. The maximum Gasteiger partial charge on any atom is 0.258 e. The van der Waals surface area contributed by atoms with Gasteiger partial charge in [0.2, 0.25) is 0 Å². The minimum atomic E-state index is -0.132. The van der Waals surface area contributed by atoms with Gasteiger partial charge >= 0.3 is 0 Å². The van der Waals surface area contributed by atoms with Gasteiger partial charge in [-0.1, -0.05) is 31.5 Å². The fourth-order valence-electron chi connectivity index (χ4n) is 2.94. The highest BCUT2D eigenvalue weighted by Crippen LogP contribution is 2.36. The standard InChI is InChI=1S/C21H24N2O3S.C2H6/c1-15-4-6-16(7-5-15)21(25)23-11-13-27-19-9-8-17(14-18(19)23)20(24)22-10-3-12-26-2;1-2/h4-9,14H,3,10-13H2,1-2H3,(H,22,24);1-2H3.